The van der Waals surface area contributed by atoms with Crippen LogP contribution in [0.3, 0.4) is 0 Å². The molecule has 0 saturated carbocycles. The van der Waals surface area contributed by atoms with Gasteiger partial charge in [-0.1, -0.05) is 0 Å². The number of methoxy groups -OCH3 is 1. The fraction of sp³-hybridized carbons (Fsp3) is 0.222. The van der Waals surface area contributed by atoms with Gasteiger partial charge in [-0.25, -0.2) is 13.8 Å². The van der Waals surface area contributed by atoms with Crippen molar-refractivity contribution in [2.45, 2.75) is 6.43 Å². The van der Waals surface area contributed by atoms with Gasteiger partial charge < -0.3 is 4.74 Å². The number of nitrogens with zero attached hydrogens (tertiary/aromatic N) is 2. The number of carbonyl (C=O) groups is 1. The molecule has 0 amide bonds. The maximum atomic E-state index is 12.6. The van der Waals surface area contributed by atoms with Gasteiger partial charge in [-0.2, -0.15) is 5.26 Å². The SMILES string of the molecule is COc1cc(C(=O)Cl)c(C(F)F)c(C#N)n1. The van der Waals surface area contributed by atoms with Crippen LogP contribution in [0, 0.1) is 11.3 Å². The lowest BCUT2D eigenvalue weighted by Crippen LogP contribution is -2.05. The summed E-state index contributed by atoms with van der Waals surface area (Å²) in [4.78, 5) is 14.4. The zero-order valence-electron chi connectivity index (χ0n) is 8.00. The number of hydrogen-bond acceptors (Lipinski definition) is 4. The van der Waals surface area contributed by atoms with Crippen molar-refractivity contribution in [2.75, 3.05) is 7.11 Å². The maximum absolute atomic E-state index is 12.6. The number of pyridine rings is 1. The van der Waals surface area contributed by atoms with Gasteiger partial charge in [0.1, 0.15) is 6.07 Å². The number of halogens is 3. The van der Waals surface area contributed by atoms with Crippen LogP contribution in [0.4, 0.5) is 8.78 Å². The lowest BCUT2D eigenvalue weighted by Gasteiger charge is -2.08. The molecule has 16 heavy (non-hydrogen) atoms. The van der Waals surface area contributed by atoms with Crippen molar-refractivity contribution in [1.82, 2.24) is 4.98 Å². The third kappa shape index (κ3) is 2.25. The predicted molar refractivity (Wildman–Crippen MR) is 50.6 cm³/mol. The van der Waals surface area contributed by atoms with Crippen LogP contribution in [0.15, 0.2) is 6.07 Å². The van der Waals surface area contributed by atoms with Crippen LogP contribution < -0.4 is 4.74 Å². The number of hydrogen-bond donors (Lipinski definition) is 0. The van der Waals surface area contributed by atoms with E-state index in [1.165, 1.54) is 13.2 Å². The summed E-state index contributed by atoms with van der Waals surface area (Å²) in [5.41, 5.74) is -1.82. The molecule has 0 aliphatic carbocycles. The van der Waals surface area contributed by atoms with Gasteiger partial charge in [0.05, 0.1) is 18.2 Å². The quantitative estimate of drug-likeness (QED) is 0.768. The van der Waals surface area contributed by atoms with E-state index in [1.807, 2.05) is 0 Å². The second-order valence-corrected chi connectivity index (χ2v) is 3.00. The predicted octanol–water partition coefficient (Wildman–Crippen LogP) is 2.28. The van der Waals surface area contributed by atoms with Crippen molar-refractivity contribution in [2.24, 2.45) is 0 Å². The van der Waals surface area contributed by atoms with Crippen molar-refractivity contribution in [1.29, 1.82) is 5.26 Å². The molecule has 0 N–H and O–H groups in total. The molecule has 1 aromatic heterocycles. The number of aromatic nitrogens is 1. The Morgan fingerprint density at radius 2 is 2.31 bits per heavy atom. The minimum Gasteiger partial charge on any atom is -0.481 e. The summed E-state index contributed by atoms with van der Waals surface area (Å²) in [6.45, 7) is 0. The molecule has 0 bridgehead atoms. The van der Waals surface area contributed by atoms with Gasteiger partial charge in [0.2, 0.25) is 5.88 Å². The van der Waals surface area contributed by atoms with Gasteiger partial charge in [-0.15, -0.1) is 0 Å². The lowest BCUT2D eigenvalue weighted by molar-refractivity contribution is 0.106. The number of rotatable bonds is 3. The van der Waals surface area contributed by atoms with Gasteiger partial charge in [0.15, 0.2) is 5.69 Å². The molecular formula is C9H5ClF2N2O2. The van der Waals surface area contributed by atoms with Crippen molar-refractivity contribution in [3.63, 3.8) is 0 Å². The summed E-state index contributed by atoms with van der Waals surface area (Å²) in [6, 6.07) is 2.43. The summed E-state index contributed by atoms with van der Waals surface area (Å²) in [5.74, 6) is -0.120. The van der Waals surface area contributed by atoms with E-state index in [0.717, 1.165) is 6.07 Å². The van der Waals surface area contributed by atoms with E-state index in [-0.39, 0.29) is 5.88 Å². The zero-order valence-corrected chi connectivity index (χ0v) is 8.76. The molecule has 0 aliphatic rings. The van der Waals surface area contributed by atoms with E-state index in [2.05, 4.69) is 9.72 Å². The Hall–Kier alpha value is -1.74. The Bertz CT molecular complexity index is 471. The highest BCUT2D eigenvalue weighted by atomic mass is 35.5. The third-order valence-corrected chi connectivity index (χ3v) is 1.98. The standard InChI is InChI=1S/C9H5ClF2N2O2/c1-16-6-2-4(8(10)15)7(9(11)12)5(3-13)14-6/h2,9H,1H3. The molecule has 0 aromatic carbocycles. The van der Waals surface area contributed by atoms with Crippen LogP contribution in [-0.2, 0) is 0 Å². The molecule has 0 aliphatic heterocycles. The van der Waals surface area contributed by atoms with Crippen molar-refractivity contribution < 1.29 is 18.3 Å². The van der Waals surface area contributed by atoms with Crippen LogP contribution >= 0.6 is 11.6 Å². The first kappa shape index (κ1) is 12.3. The van der Waals surface area contributed by atoms with E-state index < -0.39 is 28.5 Å². The largest absolute Gasteiger partial charge is 0.481 e. The minimum atomic E-state index is -3.01. The molecule has 0 radical (unpaired) electrons. The average Bonchev–Trinajstić information content (AvgIpc) is 2.26. The highest BCUT2D eigenvalue weighted by Crippen LogP contribution is 2.29. The average molecular weight is 247 g/mol. The van der Waals surface area contributed by atoms with Crippen molar-refractivity contribution in [3.8, 4) is 11.9 Å². The molecule has 1 rings (SSSR count). The first-order chi connectivity index (χ1) is 7.51. The van der Waals surface area contributed by atoms with E-state index in [4.69, 9.17) is 16.9 Å². The second kappa shape index (κ2) is 4.86. The summed E-state index contributed by atoms with van der Waals surface area (Å²) < 4.78 is 29.9. The van der Waals surface area contributed by atoms with Gasteiger partial charge >= 0.3 is 0 Å². The van der Waals surface area contributed by atoms with Gasteiger partial charge in [-0.05, 0) is 11.6 Å². The first-order valence-electron chi connectivity index (χ1n) is 3.98. The topological polar surface area (TPSA) is 63.0 Å². The van der Waals surface area contributed by atoms with Gasteiger partial charge in [0, 0.05) is 6.07 Å². The van der Waals surface area contributed by atoms with E-state index >= 15 is 0 Å². The highest BCUT2D eigenvalue weighted by molar-refractivity contribution is 6.68. The summed E-state index contributed by atoms with van der Waals surface area (Å²) in [7, 11) is 1.23. The minimum absolute atomic E-state index is 0.120. The molecule has 0 saturated heterocycles. The van der Waals surface area contributed by atoms with Crippen LogP contribution in [0.2, 0.25) is 0 Å². The Morgan fingerprint density at radius 1 is 1.69 bits per heavy atom. The Kier molecular flexibility index (Phi) is 3.74. The van der Waals surface area contributed by atoms with E-state index in [0.29, 0.717) is 0 Å². The second-order valence-electron chi connectivity index (χ2n) is 2.66. The molecule has 1 heterocycles. The van der Waals surface area contributed by atoms with Crippen molar-refractivity contribution >= 4 is 16.8 Å². The van der Waals surface area contributed by atoms with Crippen molar-refractivity contribution in [3.05, 3.63) is 22.9 Å². The zero-order chi connectivity index (χ0) is 12.3. The molecule has 0 fully saturated rings. The first-order valence-corrected chi connectivity index (χ1v) is 4.36. The number of nitriles is 1. The van der Waals surface area contributed by atoms with Crippen LogP contribution in [0.5, 0.6) is 5.88 Å². The smallest absolute Gasteiger partial charge is 0.267 e. The Morgan fingerprint density at radius 3 is 2.69 bits per heavy atom. The van der Waals surface area contributed by atoms with E-state index in [9.17, 15) is 13.6 Å². The van der Waals surface area contributed by atoms with Gasteiger partial charge in [0.25, 0.3) is 11.7 Å². The van der Waals surface area contributed by atoms with E-state index in [1.54, 1.807) is 0 Å². The lowest BCUT2D eigenvalue weighted by atomic mass is 10.1. The number of alkyl halides is 2. The van der Waals surface area contributed by atoms with Crippen LogP contribution in [-0.4, -0.2) is 17.3 Å². The molecule has 0 spiro atoms. The monoisotopic (exact) mass is 246 g/mol. The normalized spacial score (nSPS) is 10.0. The fourth-order valence-electron chi connectivity index (χ4n) is 1.10. The Labute approximate surface area is 94.4 Å². The fourth-order valence-corrected chi connectivity index (χ4v) is 1.26. The maximum Gasteiger partial charge on any atom is 0.267 e. The summed E-state index contributed by atoms with van der Waals surface area (Å²) in [6.07, 6.45) is -3.01. The Balaban J connectivity index is 3.55. The van der Waals surface area contributed by atoms with Gasteiger partial charge in [-0.3, -0.25) is 4.79 Å². The summed E-state index contributed by atoms with van der Waals surface area (Å²) in [5, 5.41) is 7.55. The number of ether oxygens (including phenoxy) is 1. The molecule has 7 heteroatoms. The molecule has 1 aromatic rings. The molecular weight excluding hydrogens is 242 g/mol. The van der Waals surface area contributed by atoms with Crippen LogP contribution in [0.1, 0.15) is 28.0 Å². The highest BCUT2D eigenvalue weighted by Gasteiger charge is 2.24. The van der Waals surface area contributed by atoms with Crippen LogP contribution in [0.25, 0.3) is 0 Å². The molecule has 0 atom stereocenters. The number of carbonyl (C=O) groups excluding carboxylic acids is 1. The molecule has 84 valence electrons. The molecule has 4 nitrogen and oxygen atoms in total. The third-order valence-electron chi connectivity index (χ3n) is 1.78. The molecule has 0 unspecified atom stereocenters. The summed E-state index contributed by atoms with van der Waals surface area (Å²) >= 11 is 5.15.